The van der Waals surface area contributed by atoms with Gasteiger partial charge < -0.3 is 19.7 Å². The van der Waals surface area contributed by atoms with E-state index in [0.29, 0.717) is 48.9 Å². The average Bonchev–Trinajstić information content (AvgIpc) is 3.21. The Balaban J connectivity index is 1.54. The second kappa shape index (κ2) is 11.9. The molecule has 4 aliphatic carbocycles. The lowest BCUT2D eigenvalue weighted by Crippen LogP contribution is -2.69. The molecule has 7 heteroatoms. The Hall–Kier alpha value is -1.63. The zero-order chi connectivity index (χ0) is 29.5. The van der Waals surface area contributed by atoms with Gasteiger partial charge in [-0.15, -0.1) is 0 Å². The van der Waals surface area contributed by atoms with Crippen LogP contribution in [-0.2, 0) is 23.9 Å². The zero-order valence-corrected chi connectivity index (χ0v) is 25.7. The van der Waals surface area contributed by atoms with E-state index < -0.39 is 35.2 Å². The van der Waals surface area contributed by atoms with Crippen LogP contribution in [0.1, 0.15) is 125 Å². The van der Waals surface area contributed by atoms with Gasteiger partial charge in [-0.1, -0.05) is 53.9 Å². The number of esters is 2. The summed E-state index contributed by atoms with van der Waals surface area (Å²) in [5.74, 6) is 1.49. The van der Waals surface area contributed by atoms with Gasteiger partial charge in [-0.05, 0) is 85.9 Å². The summed E-state index contributed by atoms with van der Waals surface area (Å²) in [6, 6.07) is 0. The van der Waals surface area contributed by atoms with Crippen molar-refractivity contribution < 1.29 is 34.1 Å². The van der Waals surface area contributed by atoms with Gasteiger partial charge in [0.05, 0.1) is 12.8 Å². The van der Waals surface area contributed by atoms with Crippen LogP contribution in [0.15, 0.2) is 0 Å². The van der Waals surface area contributed by atoms with E-state index in [-0.39, 0.29) is 30.6 Å². The summed E-state index contributed by atoms with van der Waals surface area (Å²) >= 11 is 0. The van der Waals surface area contributed by atoms with Gasteiger partial charge in [0.2, 0.25) is 0 Å². The zero-order valence-electron chi connectivity index (χ0n) is 25.7. The third-order valence-electron chi connectivity index (χ3n) is 12.1. The van der Waals surface area contributed by atoms with Crippen molar-refractivity contribution in [2.45, 2.75) is 143 Å². The SMILES string of the molecule is CC(=O)OC1CC2C3CCC(C(C)CCCC(C)C)C3(C)CCC2C2(C)CCC(OC(=O)CCC(=O)O)CC12O. The molecule has 10 unspecified atom stereocenters. The van der Waals surface area contributed by atoms with Crippen LogP contribution >= 0.6 is 0 Å². The molecule has 7 nitrogen and oxygen atoms in total. The molecule has 0 radical (unpaired) electrons. The molecule has 2 N–H and O–H groups in total. The Morgan fingerprint density at radius 2 is 1.65 bits per heavy atom. The highest BCUT2D eigenvalue weighted by atomic mass is 16.6. The van der Waals surface area contributed by atoms with E-state index in [1.54, 1.807) is 0 Å². The highest BCUT2D eigenvalue weighted by Crippen LogP contribution is 2.69. The number of fused-ring (bicyclic) bond motifs is 5. The molecule has 4 fully saturated rings. The van der Waals surface area contributed by atoms with Crippen LogP contribution in [-0.4, -0.2) is 45.9 Å². The highest BCUT2D eigenvalue weighted by molar-refractivity contribution is 5.76. The van der Waals surface area contributed by atoms with Crippen LogP contribution in [0.25, 0.3) is 0 Å². The summed E-state index contributed by atoms with van der Waals surface area (Å²) in [5.41, 5.74) is -1.45. The topological polar surface area (TPSA) is 110 Å². The second-order valence-electron chi connectivity index (χ2n) is 14.8. The molecular formula is C33H54O7. The van der Waals surface area contributed by atoms with Crippen LogP contribution in [0.5, 0.6) is 0 Å². The minimum atomic E-state index is -1.29. The lowest BCUT2D eigenvalue weighted by molar-refractivity contribution is -0.271. The summed E-state index contributed by atoms with van der Waals surface area (Å²) < 4.78 is 11.6. The van der Waals surface area contributed by atoms with Crippen LogP contribution in [0.4, 0.5) is 0 Å². The van der Waals surface area contributed by atoms with E-state index in [4.69, 9.17) is 14.6 Å². The number of hydrogen-bond donors (Lipinski definition) is 2. The van der Waals surface area contributed by atoms with Gasteiger partial charge in [0, 0.05) is 18.8 Å². The van der Waals surface area contributed by atoms with Gasteiger partial charge >= 0.3 is 17.9 Å². The van der Waals surface area contributed by atoms with Crippen molar-refractivity contribution >= 4 is 17.9 Å². The van der Waals surface area contributed by atoms with Gasteiger partial charge in [-0.25, -0.2) is 0 Å². The first kappa shape index (κ1) is 31.3. The Morgan fingerprint density at radius 3 is 2.30 bits per heavy atom. The first-order chi connectivity index (χ1) is 18.7. The maximum atomic E-state index is 12.4. The Morgan fingerprint density at radius 1 is 0.925 bits per heavy atom. The molecule has 0 aliphatic heterocycles. The van der Waals surface area contributed by atoms with Gasteiger partial charge in [-0.3, -0.25) is 14.4 Å². The van der Waals surface area contributed by atoms with Gasteiger partial charge in [-0.2, -0.15) is 0 Å². The molecule has 0 aromatic rings. The van der Waals surface area contributed by atoms with Crippen molar-refractivity contribution in [3.8, 4) is 0 Å². The standard InChI is InChI=1S/C33H54O7/c1-20(2)8-7-9-21(3)25-10-11-26-24-18-28(39-22(4)34)33(38)19-23(40-30(37)13-12-29(35)36)14-17-32(33,6)27(24)15-16-31(25,26)5/h20-21,23-28,38H,7-19H2,1-6H3,(H,35,36). The van der Waals surface area contributed by atoms with Crippen molar-refractivity contribution in [1.29, 1.82) is 0 Å². The molecule has 0 saturated heterocycles. The lowest BCUT2D eigenvalue weighted by Gasteiger charge is -2.65. The van der Waals surface area contributed by atoms with E-state index >= 15 is 0 Å². The number of carboxylic acid groups (broad SMARTS) is 1. The molecule has 0 aromatic carbocycles. The fraction of sp³-hybridized carbons (Fsp3) is 0.909. The summed E-state index contributed by atoms with van der Waals surface area (Å²) in [5, 5.41) is 21.3. The molecule has 4 aliphatic rings. The normalized spacial score (nSPS) is 41.4. The molecule has 0 amide bonds. The Kier molecular flexibility index (Phi) is 9.34. The maximum absolute atomic E-state index is 12.4. The molecule has 0 aromatic heterocycles. The van der Waals surface area contributed by atoms with Crippen LogP contribution < -0.4 is 0 Å². The molecule has 228 valence electrons. The molecule has 4 saturated carbocycles. The van der Waals surface area contributed by atoms with E-state index in [1.165, 1.54) is 45.4 Å². The van der Waals surface area contributed by atoms with Gasteiger partial charge in [0.25, 0.3) is 0 Å². The summed E-state index contributed by atoms with van der Waals surface area (Å²) in [6.07, 6.45) is 9.20. The maximum Gasteiger partial charge on any atom is 0.306 e. The number of hydrogen-bond acceptors (Lipinski definition) is 6. The fourth-order valence-corrected chi connectivity index (χ4v) is 10.1. The Bertz CT molecular complexity index is 947. The van der Waals surface area contributed by atoms with E-state index in [2.05, 4.69) is 34.6 Å². The average molecular weight is 563 g/mol. The van der Waals surface area contributed by atoms with Crippen LogP contribution in [0.3, 0.4) is 0 Å². The predicted molar refractivity (Wildman–Crippen MR) is 152 cm³/mol. The van der Waals surface area contributed by atoms with Crippen molar-refractivity contribution in [2.24, 2.45) is 46.3 Å². The quantitative estimate of drug-likeness (QED) is 0.291. The van der Waals surface area contributed by atoms with Crippen LogP contribution in [0.2, 0.25) is 0 Å². The van der Waals surface area contributed by atoms with Crippen LogP contribution in [0, 0.1) is 46.3 Å². The lowest BCUT2D eigenvalue weighted by atomic mass is 9.42. The number of ether oxygens (including phenoxy) is 2. The number of aliphatic hydroxyl groups is 1. The Labute approximate surface area is 241 Å². The molecule has 0 spiro atoms. The summed E-state index contributed by atoms with van der Waals surface area (Å²) in [4.78, 5) is 35.5. The van der Waals surface area contributed by atoms with Gasteiger partial charge in [0.1, 0.15) is 17.8 Å². The monoisotopic (exact) mass is 562 g/mol. The minimum Gasteiger partial charge on any atom is -0.481 e. The molecule has 0 heterocycles. The molecular weight excluding hydrogens is 508 g/mol. The highest BCUT2D eigenvalue weighted by Gasteiger charge is 2.68. The fourth-order valence-electron chi connectivity index (χ4n) is 10.1. The predicted octanol–water partition coefficient (Wildman–Crippen LogP) is 6.54. The van der Waals surface area contributed by atoms with Crippen molar-refractivity contribution in [3.05, 3.63) is 0 Å². The number of carbonyl (C=O) groups excluding carboxylic acids is 2. The summed E-state index contributed by atoms with van der Waals surface area (Å²) in [7, 11) is 0. The van der Waals surface area contributed by atoms with Crippen molar-refractivity contribution in [2.75, 3.05) is 0 Å². The third kappa shape index (κ3) is 5.83. The number of rotatable bonds is 10. The second-order valence-corrected chi connectivity index (χ2v) is 14.8. The smallest absolute Gasteiger partial charge is 0.306 e. The van der Waals surface area contributed by atoms with Crippen molar-refractivity contribution in [3.63, 3.8) is 0 Å². The van der Waals surface area contributed by atoms with E-state index in [9.17, 15) is 19.5 Å². The molecule has 0 bridgehead atoms. The molecule has 10 atom stereocenters. The third-order valence-corrected chi connectivity index (χ3v) is 12.1. The van der Waals surface area contributed by atoms with E-state index in [0.717, 1.165) is 12.3 Å². The van der Waals surface area contributed by atoms with Gasteiger partial charge in [0.15, 0.2) is 0 Å². The van der Waals surface area contributed by atoms with E-state index in [1.807, 2.05) is 0 Å². The minimum absolute atomic E-state index is 0.184. The largest absolute Gasteiger partial charge is 0.481 e. The summed E-state index contributed by atoms with van der Waals surface area (Å²) in [6.45, 7) is 13.2. The molecule has 4 rings (SSSR count). The number of carboxylic acids is 1. The van der Waals surface area contributed by atoms with Crippen molar-refractivity contribution in [1.82, 2.24) is 0 Å². The first-order valence-electron chi connectivity index (χ1n) is 16.0. The number of carbonyl (C=O) groups is 3. The first-order valence-corrected chi connectivity index (χ1v) is 16.0. The number of aliphatic carboxylic acids is 1. The molecule has 40 heavy (non-hydrogen) atoms.